The Labute approximate surface area is 166 Å². The van der Waals surface area contributed by atoms with Crippen LogP contribution in [0.2, 0.25) is 0 Å². The minimum atomic E-state index is -0.0870. The summed E-state index contributed by atoms with van der Waals surface area (Å²) in [4.78, 5) is 17.7. The molecule has 0 saturated heterocycles. The van der Waals surface area contributed by atoms with Crippen LogP contribution in [0.15, 0.2) is 94.4 Å². The second-order valence-corrected chi connectivity index (χ2v) is 6.89. The molecule has 5 heteroatoms. The summed E-state index contributed by atoms with van der Waals surface area (Å²) in [6, 6.07) is 25.0. The minimum Gasteiger partial charge on any atom is -0.334 e. The Morgan fingerprint density at radius 3 is 2.28 bits per heavy atom. The van der Waals surface area contributed by atoms with E-state index in [9.17, 15) is 4.79 Å². The lowest BCUT2D eigenvalue weighted by Crippen LogP contribution is -2.18. The third-order valence-electron chi connectivity index (χ3n) is 4.93. The van der Waals surface area contributed by atoms with Crippen molar-refractivity contribution in [3.8, 4) is 28.5 Å². The Balaban J connectivity index is 1.74. The van der Waals surface area contributed by atoms with Gasteiger partial charge in [0.2, 0.25) is 5.82 Å². The van der Waals surface area contributed by atoms with Crippen LogP contribution in [0.1, 0.15) is 5.56 Å². The van der Waals surface area contributed by atoms with Gasteiger partial charge in [0.25, 0.3) is 11.4 Å². The van der Waals surface area contributed by atoms with E-state index < -0.39 is 0 Å². The summed E-state index contributed by atoms with van der Waals surface area (Å²) in [6.45, 7) is 2.02. The number of fused-ring (bicyclic) bond motifs is 1. The van der Waals surface area contributed by atoms with E-state index in [4.69, 9.17) is 4.52 Å². The number of pyridine rings is 1. The molecule has 0 aliphatic heterocycles. The van der Waals surface area contributed by atoms with Crippen LogP contribution in [-0.2, 0) is 0 Å². The normalized spacial score (nSPS) is 11.1. The highest BCUT2D eigenvalue weighted by molar-refractivity contribution is 5.94. The first-order valence-corrected chi connectivity index (χ1v) is 9.32. The molecule has 0 radical (unpaired) electrons. The Kier molecular flexibility index (Phi) is 4.06. The van der Waals surface area contributed by atoms with E-state index in [1.165, 1.54) is 0 Å². The molecule has 5 aromatic rings. The van der Waals surface area contributed by atoms with Crippen LogP contribution in [-0.4, -0.2) is 14.7 Å². The molecule has 0 fully saturated rings. The van der Waals surface area contributed by atoms with E-state index in [1.54, 1.807) is 10.8 Å². The summed E-state index contributed by atoms with van der Waals surface area (Å²) < 4.78 is 7.22. The molecule has 0 amide bonds. The first kappa shape index (κ1) is 17.1. The van der Waals surface area contributed by atoms with E-state index in [1.807, 2.05) is 85.8 Å². The molecular formula is C24H17N3O2. The molecular weight excluding hydrogens is 362 g/mol. The number of aromatic nitrogens is 3. The second kappa shape index (κ2) is 6.87. The van der Waals surface area contributed by atoms with Gasteiger partial charge in [-0.05, 0) is 25.1 Å². The van der Waals surface area contributed by atoms with Gasteiger partial charge in [0, 0.05) is 28.2 Å². The molecule has 0 atom stereocenters. The number of benzene rings is 3. The van der Waals surface area contributed by atoms with Gasteiger partial charge in [-0.15, -0.1) is 0 Å². The lowest BCUT2D eigenvalue weighted by atomic mass is 10.1. The van der Waals surface area contributed by atoms with Crippen molar-refractivity contribution in [1.29, 1.82) is 0 Å². The molecule has 2 heterocycles. The minimum absolute atomic E-state index is 0.0870. The standard InChI is InChI=1S/C24H17N3O2/c1-16-11-13-18(14-12-16)27-15-21(19-9-5-6-10-20(19)24(27)28)23-25-22(26-29-23)17-7-3-2-4-8-17/h2-15H,1H3. The van der Waals surface area contributed by atoms with Crippen LogP contribution in [0.5, 0.6) is 0 Å². The van der Waals surface area contributed by atoms with Crippen molar-refractivity contribution in [2.75, 3.05) is 0 Å². The Hall–Kier alpha value is -3.99. The van der Waals surface area contributed by atoms with Crippen molar-refractivity contribution < 1.29 is 4.52 Å². The molecule has 0 spiro atoms. The summed E-state index contributed by atoms with van der Waals surface area (Å²) in [7, 11) is 0. The Morgan fingerprint density at radius 2 is 1.52 bits per heavy atom. The third kappa shape index (κ3) is 3.02. The maximum Gasteiger partial charge on any atom is 0.262 e. The highest BCUT2D eigenvalue weighted by Gasteiger charge is 2.17. The molecule has 2 aromatic heterocycles. The molecule has 5 rings (SSSR count). The van der Waals surface area contributed by atoms with Gasteiger partial charge < -0.3 is 4.52 Å². The van der Waals surface area contributed by atoms with Crippen molar-refractivity contribution in [2.45, 2.75) is 6.92 Å². The number of aryl methyl sites for hydroxylation is 1. The monoisotopic (exact) mass is 379 g/mol. The van der Waals surface area contributed by atoms with Crippen molar-refractivity contribution in [3.63, 3.8) is 0 Å². The van der Waals surface area contributed by atoms with Gasteiger partial charge in [-0.3, -0.25) is 9.36 Å². The summed E-state index contributed by atoms with van der Waals surface area (Å²) in [5.41, 5.74) is 3.42. The lowest BCUT2D eigenvalue weighted by Gasteiger charge is -2.10. The zero-order valence-corrected chi connectivity index (χ0v) is 15.7. The smallest absolute Gasteiger partial charge is 0.262 e. The molecule has 29 heavy (non-hydrogen) atoms. The lowest BCUT2D eigenvalue weighted by molar-refractivity contribution is 0.432. The zero-order valence-electron chi connectivity index (χ0n) is 15.7. The third-order valence-corrected chi connectivity index (χ3v) is 4.93. The first-order valence-electron chi connectivity index (χ1n) is 9.32. The van der Waals surface area contributed by atoms with E-state index >= 15 is 0 Å². The predicted octanol–water partition coefficient (Wildman–Crippen LogP) is 5.02. The Morgan fingerprint density at radius 1 is 0.828 bits per heavy atom. The van der Waals surface area contributed by atoms with Gasteiger partial charge in [-0.1, -0.05) is 71.4 Å². The van der Waals surface area contributed by atoms with E-state index in [-0.39, 0.29) is 5.56 Å². The van der Waals surface area contributed by atoms with Crippen LogP contribution < -0.4 is 5.56 Å². The van der Waals surface area contributed by atoms with Crippen molar-refractivity contribution >= 4 is 10.8 Å². The molecule has 0 bridgehead atoms. The Bertz CT molecular complexity index is 1370. The topological polar surface area (TPSA) is 60.9 Å². The first-order chi connectivity index (χ1) is 14.2. The number of hydrogen-bond donors (Lipinski definition) is 0. The van der Waals surface area contributed by atoms with Crippen molar-refractivity contribution in [2.24, 2.45) is 0 Å². The molecule has 0 aliphatic rings. The highest BCUT2D eigenvalue weighted by Crippen LogP contribution is 2.28. The van der Waals surface area contributed by atoms with Crippen LogP contribution >= 0.6 is 0 Å². The molecule has 0 unspecified atom stereocenters. The molecule has 0 saturated carbocycles. The molecule has 0 N–H and O–H groups in total. The van der Waals surface area contributed by atoms with Crippen LogP contribution in [0.25, 0.3) is 39.3 Å². The molecule has 140 valence electrons. The van der Waals surface area contributed by atoms with Crippen LogP contribution in [0.4, 0.5) is 0 Å². The van der Waals surface area contributed by atoms with Crippen LogP contribution in [0.3, 0.4) is 0 Å². The fourth-order valence-corrected chi connectivity index (χ4v) is 3.40. The van der Waals surface area contributed by atoms with Gasteiger partial charge in [-0.25, -0.2) is 0 Å². The van der Waals surface area contributed by atoms with Crippen molar-refractivity contribution in [1.82, 2.24) is 14.7 Å². The summed E-state index contributed by atoms with van der Waals surface area (Å²) in [5.74, 6) is 0.888. The van der Waals surface area contributed by atoms with E-state index in [0.29, 0.717) is 17.1 Å². The van der Waals surface area contributed by atoms with Gasteiger partial charge in [-0.2, -0.15) is 4.98 Å². The van der Waals surface area contributed by atoms with E-state index in [2.05, 4.69) is 10.1 Å². The number of hydrogen-bond acceptors (Lipinski definition) is 4. The van der Waals surface area contributed by atoms with Gasteiger partial charge in [0.1, 0.15) is 0 Å². The summed E-state index contributed by atoms with van der Waals surface area (Å²) in [5, 5.41) is 5.52. The SMILES string of the molecule is Cc1ccc(-n2cc(-c3nc(-c4ccccc4)no3)c3ccccc3c2=O)cc1. The molecule has 3 aromatic carbocycles. The number of nitrogens with zero attached hydrogens (tertiary/aromatic N) is 3. The van der Waals surface area contributed by atoms with Gasteiger partial charge in [0.15, 0.2) is 0 Å². The second-order valence-electron chi connectivity index (χ2n) is 6.89. The fraction of sp³-hybridized carbons (Fsp3) is 0.0417. The van der Waals surface area contributed by atoms with Crippen molar-refractivity contribution in [3.05, 3.63) is 101 Å². The summed E-state index contributed by atoms with van der Waals surface area (Å²) in [6.07, 6.45) is 1.78. The van der Waals surface area contributed by atoms with Gasteiger partial charge >= 0.3 is 0 Å². The highest BCUT2D eigenvalue weighted by atomic mass is 16.5. The average Bonchev–Trinajstić information content (AvgIpc) is 3.26. The number of rotatable bonds is 3. The molecule has 5 nitrogen and oxygen atoms in total. The quantitative estimate of drug-likeness (QED) is 0.442. The fourth-order valence-electron chi connectivity index (χ4n) is 3.40. The predicted molar refractivity (Wildman–Crippen MR) is 113 cm³/mol. The van der Waals surface area contributed by atoms with Gasteiger partial charge in [0.05, 0.1) is 5.56 Å². The zero-order chi connectivity index (χ0) is 19.8. The van der Waals surface area contributed by atoms with Crippen LogP contribution in [0, 0.1) is 6.92 Å². The maximum atomic E-state index is 13.1. The molecule has 0 aliphatic carbocycles. The largest absolute Gasteiger partial charge is 0.334 e. The summed E-state index contributed by atoms with van der Waals surface area (Å²) >= 11 is 0. The average molecular weight is 379 g/mol. The maximum absolute atomic E-state index is 13.1. The van der Waals surface area contributed by atoms with E-state index in [0.717, 1.165) is 27.8 Å².